The molecule has 1 amide bonds. The Kier molecular flexibility index (Phi) is 3.48. The van der Waals surface area contributed by atoms with Crippen LogP contribution in [0.2, 0.25) is 5.02 Å². The summed E-state index contributed by atoms with van der Waals surface area (Å²) in [5.41, 5.74) is 8.61. The van der Waals surface area contributed by atoms with Gasteiger partial charge in [0.15, 0.2) is 0 Å². The Balaban J connectivity index is 2.00. The number of amides is 1. The lowest BCUT2D eigenvalue weighted by Gasteiger charge is -2.09. The first-order valence-electron chi connectivity index (χ1n) is 5.94. The van der Waals surface area contributed by atoms with Gasteiger partial charge < -0.3 is 11.1 Å². The Labute approximate surface area is 128 Å². The number of nitrogens with one attached hydrogen (secondary N) is 1. The summed E-state index contributed by atoms with van der Waals surface area (Å²) in [6.07, 6.45) is 0. The number of benzene rings is 2. The predicted octanol–water partition coefficient (Wildman–Crippen LogP) is 3.92. The summed E-state index contributed by atoms with van der Waals surface area (Å²) in [7, 11) is 0. The minimum absolute atomic E-state index is 0.0640. The van der Waals surface area contributed by atoms with Crippen LogP contribution < -0.4 is 11.1 Å². The lowest BCUT2D eigenvalue weighted by molar-refractivity contribution is 0.102. The Bertz CT molecular complexity index is 849. The molecule has 0 saturated heterocycles. The van der Waals surface area contributed by atoms with Crippen molar-refractivity contribution in [3.8, 4) is 0 Å². The molecule has 0 saturated carbocycles. The van der Waals surface area contributed by atoms with Crippen LogP contribution in [0.5, 0.6) is 0 Å². The van der Waals surface area contributed by atoms with Crippen molar-refractivity contribution in [3.63, 3.8) is 0 Å². The first kappa shape index (κ1) is 13.8. The average molecular weight is 322 g/mol. The smallest absolute Gasteiger partial charge is 0.257 e. The van der Waals surface area contributed by atoms with Gasteiger partial charge in [0.25, 0.3) is 5.91 Å². The van der Waals surface area contributed by atoms with E-state index in [9.17, 15) is 9.18 Å². The van der Waals surface area contributed by atoms with Crippen LogP contribution in [0.3, 0.4) is 0 Å². The Morgan fingerprint density at radius 1 is 1.33 bits per heavy atom. The molecule has 0 aliphatic rings. The van der Waals surface area contributed by atoms with Crippen molar-refractivity contribution in [1.29, 1.82) is 0 Å². The Morgan fingerprint density at radius 3 is 2.90 bits per heavy atom. The third-order valence-corrected chi connectivity index (χ3v) is 4.06. The number of carbonyl (C=O) groups is 1. The third-order valence-electron chi connectivity index (χ3n) is 2.95. The Hall–Kier alpha value is -2.18. The molecule has 4 nitrogen and oxygen atoms in total. The number of anilines is 2. The molecule has 21 heavy (non-hydrogen) atoms. The van der Waals surface area contributed by atoms with Crippen molar-refractivity contribution in [2.75, 3.05) is 11.1 Å². The number of halogens is 2. The van der Waals surface area contributed by atoms with Gasteiger partial charge in [-0.2, -0.15) is 0 Å². The molecule has 1 aromatic heterocycles. The molecule has 0 spiro atoms. The quantitative estimate of drug-likeness (QED) is 0.703. The number of nitrogens with two attached hydrogens (primary N) is 1. The van der Waals surface area contributed by atoms with Crippen molar-refractivity contribution in [3.05, 3.63) is 52.2 Å². The molecule has 0 fully saturated rings. The number of thiazole rings is 1. The number of nitrogens with zero attached hydrogens (tertiary/aromatic N) is 1. The molecule has 0 unspecified atom stereocenters. The lowest BCUT2D eigenvalue weighted by atomic mass is 10.1. The van der Waals surface area contributed by atoms with E-state index in [-0.39, 0.29) is 11.3 Å². The van der Waals surface area contributed by atoms with E-state index in [4.69, 9.17) is 17.3 Å². The second-order valence-electron chi connectivity index (χ2n) is 4.31. The van der Waals surface area contributed by atoms with Gasteiger partial charge in [0.2, 0.25) is 0 Å². The molecule has 3 rings (SSSR count). The highest BCUT2D eigenvalue weighted by atomic mass is 35.5. The van der Waals surface area contributed by atoms with E-state index in [2.05, 4.69) is 10.3 Å². The molecule has 7 heteroatoms. The van der Waals surface area contributed by atoms with Crippen molar-refractivity contribution in [1.82, 2.24) is 4.98 Å². The lowest BCUT2D eigenvalue weighted by Crippen LogP contribution is -2.14. The summed E-state index contributed by atoms with van der Waals surface area (Å²) >= 11 is 7.56. The number of aromatic nitrogens is 1. The molecular formula is C14H9ClFN3OS. The zero-order chi connectivity index (χ0) is 15.0. The molecule has 1 heterocycles. The van der Waals surface area contributed by atoms with E-state index < -0.39 is 11.7 Å². The maximum atomic E-state index is 13.0. The molecule has 3 aromatic rings. The molecule has 0 aliphatic carbocycles. The maximum Gasteiger partial charge on any atom is 0.257 e. The Morgan fingerprint density at radius 2 is 2.14 bits per heavy atom. The van der Waals surface area contributed by atoms with Crippen LogP contribution in [0.4, 0.5) is 15.8 Å². The largest absolute Gasteiger partial charge is 0.398 e. The second kappa shape index (κ2) is 5.31. The van der Waals surface area contributed by atoms with Crippen LogP contribution in [0.15, 0.2) is 35.8 Å². The van der Waals surface area contributed by atoms with Crippen LogP contribution in [0.25, 0.3) is 10.2 Å². The SMILES string of the molecule is Nc1cc(F)ccc1C(=O)Nc1c(Cl)ccc2scnc12. The van der Waals surface area contributed by atoms with Gasteiger partial charge in [-0.1, -0.05) is 11.6 Å². The van der Waals surface area contributed by atoms with E-state index >= 15 is 0 Å². The van der Waals surface area contributed by atoms with Crippen LogP contribution in [0, 0.1) is 5.82 Å². The number of rotatable bonds is 2. The summed E-state index contributed by atoms with van der Waals surface area (Å²) in [5, 5.41) is 3.06. The molecule has 3 N–H and O–H groups in total. The first-order chi connectivity index (χ1) is 10.1. The molecule has 106 valence electrons. The molecule has 0 aliphatic heterocycles. The van der Waals surface area contributed by atoms with Gasteiger partial charge in [-0.3, -0.25) is 4.79 Å². The van der Waals surface area contributed by atoms with E-state index in [1.165, 1.54) is 23.5 Å². The van der Waals surface area contributed by atoms with Crippen LogP contribution in [-0.2, 0) is 0 Å². The molecular weight excluding hydrogens is 313 g/mol. The molecule has 0 bridgehead atoms. The van der Waals surface area contributed by atoms with Crippen molar-refractivity contribution in [2.45, 2.75) is 0 Å². The van der Waals surface area contributed by atoms with Crippen LogP contribution in [0.1, 0.15) is 10.4 Å². The van der Waals surface area contributed by atoms with Crippen LogP contribution in [-0.4, -0.2) is 10.9 Å². The fraction of sp³-hybridized carbons (Fsp3) is 0. The van der Waals surface area contributed by atoms with Gasteiger partial charge in [-0.05, 0) is 30.3 Å². The van der Waals surface area contributed by atoms with E-state index in [1.807, 2.05) is 6.07 Å². The topological polar surface area (TPSA) is 68.0 Å². The van der Waals surface area contributed by atoms with Gasteiger partial charge >= 0.3 is 0 Å². The monoisotopic (exact) mass is 321 g/mol. The van der Waals surface area contributed by atoms with Gasteiger partial charge in [0, 0.05) is 5.69 Å². The standard InChI is InChI=1S/C14H9ClFN3OS/c15-9-3-4-11-13(18-6-21-11)12(9)19-14(20)8-2-1-7(16)5-10(8)17/h1-6H,17H2,(H,19,20). The molecule has 0 radical (unpaired) electrons. The normalized spacial score (nSPS) is 10.8. The summed E-state index contributed by atoms with van der Waals surface area (Å²) in [4.78, 5) is 16.5. The fourth-order valence-corrected chi connectivity index (χ4v) is 2.83. The van der Waals surface area contributed by atoms with E-state index in [0.29, 0.717) is 16.2 Å². The first-order valence-corrected chi connectivity index (χ1v) is 7.20. The summed E-state index contributed by atoms with van der Waals surface area (Å²) < 4.78 is 13.9. The van der Waals surface area contributed by atoms with Crippen molar-refractivity contribution >= 4 is 50.4 Å². The van der Waals surface area contributed by atoms with Gasteiger partial charge in [0.05, 0.1) is 26.5 Å². The minimum atomic E-state index is -0.497. The predicted molar refractivity (Wildman–Crippen MR) is 83.4 cm³/mol. The molecule has 2 aromatic carbocycles. The highest BCUT2D eigenvalue weighted by Crippen LogP contribution is 2.32. The zero-order valence-corrected chi connectivity index (χ0v) is 12.1. The zero-order valence-electron chi connectivity index (χ0n) is 10.6. The third kappa shape index (κ3) is 2.55. The van der Waals surface area contributed by atoms with Crippen molar-refractivity contribution < 1.29 is 9.18 Å². The van der Waals surface area contributed by atoms with Gasteiger partial charge in [-0.15, -0.1) is 11.3 Å². The van der Waals surface area contributed by atoms with E-state index in [0.717, 1.165) is 10.8 Å². The maximum absolute atomic E-state index is 13.0. The summed E-state index contributed by atoms with van der Waals surface area (Å²) in [6, 6.07) is 7.12. The summed E-state index contributed by atoms with van der Waals surface area (Å²) in [5.74, 6) is -0.960. The molecule has 0 atom stereocenters. The van der Waals surface area contributed by atoms with Crippen molar-refractivity contribution in [2.24, 2.45) is 0 Å². The number of nitrogen functional groups attached to an aromatic ring is 1. The van der Waals surface area contributed by atoms with Gasteiger partial charge in [0.1, 0.15) is 11.3 Å². The van der Waals surface area contributed by atoms with Gasteiger partial charge in [-0.25, -0.2) is 9.37 Å². The number of hydrogen-bond donors (Lipinski definition) is 2. The minimum Gasteiger partial charge on any atom is -0.398 e. The second-order valence-corrected chi connectivity index (χ2v) is 5.60. The van der Waals surface area contributed by atoms with E-state index in [1.54, 1.807) is 11.6 Å². The highest BCUT2D eigenvalue weighted by molar-refractivity contribution is 7.16. The number of carbonyl (C=O) groups excluding carboxylic acids is 1. The average Bonchev–Trinajstić information content (AvgIpc) is 2.90. The number of fused-ring (bicyclic) bond motifs is 1. The number of hydrogen-bond acceptors (Lipinski definition) is 4. The highest BCUT2D eigenvalue weighted by Gasteiger charge is 2.15. The fourth-order valence-electron chi connectivity index (χ4n) is 1.95. The van der Waals surface area contributed by atoms with Crippen LogP contribution >= 0.6 is 22.9 Å². The summed E-state index contributed by atoms with van der Waals surface area (Å²) in [6.45, 7) is 0.